The van der Waals surface area contributed by atoms with Gasteiger partial charge in [0, 0.05) is 0 Å². The van der Waals surface area contributed by atoms with E-state index in [1.54, 1.807) is 20.8 Å². The van der Waals surface area contributed by atoms with E-state index in [2.05, 4.69) is 10.4 Å². The molecule has 0 radical (unpaired) electrons. The third-order valence-electron chi connectivity index (χ3n) is 1.42. The van der Waals surface area contributed by atoms with Gasteiger partial charge < -0.3 is 0 Å². The second-order valence-electron chi connectivity index (χ2n) is 2.53. The molecule has 0 heterocycles. The van der Waals surface area contributed by atoms with E-state index in [1.165, 1.54) is 0 Å². The molecule has 0 amide bonds. The Bertz CT molecular complexity index is 122. The molecule has 0 saturated carbocycles. The summed E-state index contributed by atoms with van der Waals surface area (Å²) in [6, 6.07) is -0.546. The van der Waals surface area contributed by atoms with E-state index in [9.17, 15) is 9.81 Å². The molecule has 4 heteroatoms. The Morgan fingerprint density at radius 1 is 1.33 bits per heavy atom. The first kappa shape index (κ1) is 8.20. The molecular formula is C5H10N2O2. The van der Waals surface area contributed by atoms with Crippen LogP contribution < -0.4 is 0 Å². The summed E-state index contributed by atoms with van der Waals surface area (Å²) < 4.78 is 0. The lowest BCUT2D eigenvalue weighted by Crippen LogP contribution is -2.29. The fourth-order valence-corrected chi connectivity index (χ4v) is 0.205. The molecule has 9 heavy (non-hydrogen) atoms. The Kier molecular flexibility index (Phi) is 2.42. The molecule has 0 aromatic heterocycles. The van der Waals surface area contributed by atoms with Gasteiger partial charge in [-0.15, -0.1) is 0 Å². The zero-order valence-electron chi connectivity index (χ0n) is 5.79. The molecule has 0 fully saturated rings. The second kappa shape index (κ2) is 2.66. The highest BCUT2D eigenvalue weighted by atomic mass is 16.3. The third-order valence-corrected chi connectivity index (χ3v) is 1.42. The van der Waals surface area contributed by atoms with E-state index >= 15 is 0 Å². The van der Waals surface area contributed by atoms with Gasteiger partial charge in [-0.2, -0.15) is 9.81 Å². The van der Waals surface area contributed by atoms with Crippen LogP contribution in [0, 0.1) is 9.81 Å². The van der Waals surface area contributed by atoms with Gasteiger partial charge in [0.05, 0.1) is 0 Å². The Morgan fingerprint density at radius 2 is 1.78 bits per heavy atom. The Labute approximate surface area is 53.6 Å². The van der Waals surface area contributed by atoms with Crippen LogP contribution in [0.2, 0.25) is 0 Å². The smallest absolute Gasteiger partial charge is 0.122 e. The molecule has 0 rings (SSSR count). The Morgan fingerprint density at radius 3 is 1.89 bits per heavy atom. The minimum atomic E-state index is -0.859. The summed E-state index contributed by atoms with van der Waals surface area (Å²) in [4.78, 5) is 19.8. The first-order valence-electron chi connectivity index (χ1n) is 2.71. The molecule has 52 valence electrons. The first-order valence-corrected chi connectivity index (χ1v) is 2.71. The van der Waals surface area contributed by atoms with Crippen molar-refractivity contribution < 1.29 is 0 Å². The molecule has 0 spiro atoms. The molecule has 4 nitrogen and oxygen atoms in total. The molecule has 0 saturated heterocycles. The maximum atomic E-state index is 9.98. The summed E-state index contributed by atoms with van der Waals surface area (Å²) in [6.45, 7) is 4.71. The number of hydrogen-bond donors (Lipinski definition) is 0. The van der Waals surface area contributed by atoms with Crippen molar-refractivity contribution in [1.29, 1.82) is 0 Å². The predicted molar refractivity (Wildman–Crippen MR) is 35.1 cm³/mol. The highest BCUT2D eigenvalue weighted by molar-refractivity contribution is 4.87. The average Bonchev–Trinajstić information content (AvgIpc) is 1.86. The molecule has 1 atom stereocenters. The van der Waals surface area contributed by atoms with E-state index in [0.717, 1.165) is 0 Å². The number of hydrogen-bond acceptors (Lipinski definition) is 4. The normalized spacial score (nSPS) is 14.6. The number of rotatable bonds is 3. The summed E-state index contributed by atoms with van der Waals surface area (Å²) >= 11 is 0. The molecule has 0 aromatic carbocycles. The molecule has 0 N–H and O–H groups in total. The van der Waals surface area contributed by atoms with Crippen LogP contribution in [0.4, 0.5) is 0 Å². The fourth-order valence-electron chi connectivity index (χ4n) is 0.205. The van der Waals surface area contributed by atoms with Crippen LogP contribution >= 0.6 is 0 Å². The van der Waals surface area contributed by atoms with E-state index < -0.39 is 11.6 Å². The van der Waals surface area contributed by atoms with Crippen LogP contribution in [0.5, 0.6) is 0 Å². The van der Waals surface area contributed by atoms with Crippen LogP contribution in [0.1, 0.15) is 20.8 Å². The minimum Gasteiger partial charge on any atom is -0.150 e. The molecular weight excluding hydrogens is 120 g/mol. The average molecular weight is 130 g/mol. The van der Waals surface area contributed by atoms with Crippen LogP contribution in [-0.2, 0) is 0 Å². The lowest BCUT2D eigenvalue weighted by atomic mass is 9.99. The standard InChI is InChI=1S/C5H10N2O2/c1-4(6-8)5(2,3)7-9/h4H,1-3H3. The maximum absolute atomic E-state index is 9.98. The van der Waals surface area contributed by atoms with Crippen molar-refractivity contribution in [1.82, 2.24) is 0 Å². The van der Waals surface area contributed by atoms with E-state index in [-0.39, 0.29) is 0 Å². The van der Waals surface area contributed by atoms with E-state index in [0.29, 0.717) is 0 Å². The van der Waals surface area contributed by atoms with Crippen LogP contribution in [0.25, 0.3) is 0 Å². The Hall–Kier alpha value is -0.800. The molecule has 0 aliphatic carbocycles. The topological polar surface area (TPSA) is 58.9 Å². The fraction of sp³-hybridized carbons (Fsp3) is 1.00. The van der Waals surface area contributed by atoms with Gasteiger partial charge in [0.2, 0.25) is 0 Å². The van der Waals surface area contributed by atoms with Crippen molar-refractivity contribution in [2.75, 3.05) is 0 Å². The summed E-state index contributed by atoms with van der Waals surface area (Å²) in [7, 11) is 0. The van der Waals surface area contributed by atoms with Gasteiger partial charge in [-0.1, -0.05) is 10.4 Å². The molecule has 0 aliphatic heterocycles. The monoisotopic (exact) mass is 130 g/mol. The summed E-state index contributed by atoms with van der Waals surface area (Å²) in [5.74, 6) is 0. The van der Waals surface area contributed by atoms with Crippen LogP contribution in [0.15, 0.2) is 10.4 Å². The predicted octanol–water partition coefficient (Wildman–Crippen LogP) is 1.69. The molecule has 1 unspecified atom stereocenters. The molecule has 0 bridgehead atoms. The number of nitroso groups, excluding NO2 is 2. The zero-order chi connectivity index (χ0) is 7.49. The molecule has 0 aliphatic rings. The van der Waals surface area contributed by atoms with Crippen molar-refractivity contribution in [3.63, 3.8) is 0 Å². The van der Waals surface area contributed by atoms with E-state index in [4.69, 9.17) is 0 Å². The minimum absolute atomic E-state index is 0.546. The second-order valence-corrected chi connectivity index (χ2v) is 2.53. The van der Waals surface area contributed by atoms with Gasteiger partial charge in [0.1, 0.15) is 11.6 Å². The largest absolute Gasteiger partial charge is 0.150 e. The van der Waals surface area contributed by atoms with Crippen molar-refractivity contribution in [3.05, 3.63) is 9.81 Å². The van der Waals surface area contributed by atoms with Gasteiger partial charge in [-0.25, -0.2) is 0 Å². The quantitative estimate of drug-likeness (QED) is 0.546. The highest BCUT2D eigenvalue weighted by Gasteiger charge is 2.27. The highest BCUT2D eigenvalue weighted by Crippen LogP contribution is 2.15. The summed E-state index contributed by atoms with van der Waals surface area (Å²) in [6.07, 6.45) is 0. The van der Waals surface area contributed by atoms with Crippen molar-refractivity contribution in [2.45, 2.75) is 32.4 Å². The van der Waals surface area contributed by atoms with Gasteiger partial charge in [-0.05, 0) is 20.8 Å². The molecule has 0 aromatic rings. The lowest BCUT2D eigenvalue weighted by Gasteiger charge is -2.15. The van der Waals surface area contributed by atoms with Crippen molar-refractivity contribution in [2.24, 2.45) is 10.4 Å². The van der Waals surface area contributed by atoms with Crippen LogP contribution in [0.3, 0.4) is 0 Å². The number of nitrogens with zero attached hydrogens (tertiary/aromatic N) is 2. The Balaban J connectivity index is 4.11. The van der Waals surface area contributed by atoms with Gasteiger partial charge >= 0.3 is 0 Å². The first-order chi connectivity index (χ1) is 4.04. The van der Waals surface area contributed by atoms with Gasteiger partial charge in [0.15, 0.2) is 0 Å². The third kappa shape index (κ3) is 1.87. The van der Waals surface area contributed by atoms with Crippen LogP contribution in [-0.4, -0.2) is 11.6 Å². The zero-order valence-corrected chi connectivity index (χ0v) is 5.79. The summed E-state index contributed by atoms with van der Waals surface area (Å²) in [5, 5.41) is 5.43. The lowest BCUT2D eigenvalue weighted by molar-refractivity contribution is 0.432. The van der Waals surface area contributed by atoms with Crippen molar-refractivity contribution >= 4 is 0 Å². The van der Waals surface area contributed by atoms with Gasteiger partial charge in [0.25, 0.3) is 0 Å². The van der Waals surface area contributed by atoms with Gasteiger partial charge in [-0.3, -0.25) is 0 Å². The van der Waals surface area contributed by atoms with Crippen molar-refractivity contribution in [3.8, 4) is 0 Å². The summed E-state index contributed by atoms with van der Waals surface area (Å²) in [5.41, 5.74) is -0.859. The SMILES string of the molecule is CC(N=O)C(C)(C)N=O. The van der Waals surface area contributed by atoms with E-state index in [1.807, 2.05) is 0 Å². The maximum Gasteiger partial charge on any atom is 0.122 e.